The molecule has 0 aliphatic heterocycles. The monoisotopic (exact) mass is 267 g/mol. The summed E-state index contributed by atoms with van der Waals surface area (Å²) in [7, 11) is 0. The second-order valence-electron chi connectivity index (χ2n) is 5.65. The molecule has 2 aromatic rings. The summed E-state index contributed by atoms with van der Waals surface area (Å²) in [6.45, 7) is 7.12. The number of nitrogens with zero attached hydrogens (tertiary/aromatic N) is 2. The zero-order valence-electron chi connectivity index (χ0n) is 12.4. The van der Waals surface area contributed by atoms with Crippen LogP contribution in [0.2, 0.25) is 0 Å². The third-order valence-electron chi connectivity index (χ3n) is 3.55. The molecule has 3 heteroatoms. The standard InChI is InChI=1S/C17H21N3/c1-12(2)8-17-16(19)9-15(10-18)20(17)11-14-7-5-4-6-13(14)3/h4-7,9,12H,8,11,19H2,1-3H3. The first-order valence-electron chi connectivity index (χ1n) is 6.95. The van der Waals surface area contributed by atoms with Crippen LogP contribution in [0.25, 0.3) is 0 Å². The van der Waals surface area contributed by atoms with E-state index in [-0.39, 0.29) is 0 Å². The minimum Gasteiger partial charge on any atom is -0.397 e. The number of aryl methyl sites for hydroxylation is 1. The van der Waals surface area contributed by atoms with Crippen molar-refractivity contribution in [1.82, 2.24) is 4.57 Å². The smallest absolute Gasteiger partial charge is 0.122 e. The second-order valence-corrected chi connectivity index (χ2v) is 5.65. The van der Waals surface area contributed by atoms with Gasteiger partial charge in [0.25, 0.3) is 0 Å². The van der Waals surface area contributed by atoms with E-state index in [1.54, 1.807) is 6.07 Å². The molecule has 1 aromatic carbocycles. The van der Waals surface area contributed by atoms with Crippen LogP contribution in [-0.2, 0) is 13.0 Å². The third kappa shape index (κ3) is 2.85. The number of hydrogen-bond acceptors (Lipinski definition) is 2. The molecule has 0 saturated carbocycles. The predicted octanol–water partition coefficient (Wildman–Crippen LogP) is 3.50. The van der Waals surface area contributed by atoms with E-state index in [1.807, 2.05) is 12.1 Å². The molecular weight excluding hydrogens is 246 g/mol. The molecule has 1 heterocycles. The van der Waals surface area contributed by atoms with Gasteiger partial charge in [-0.1, -0.05) is 38.1 Å². The van der Waals surface area contributed by atoms with Crippen molar-refractivity contribution in [2.75, 3.05) is 5.73 Å². The fourth-order valence-corrected chi connectivity index (χ4v) is 2.46. The number of rotatable bonds is 4. The Morgan fingerprint density at radius 1 is 1.30 bits per heavy atom. The van der Waals surface area contributed by atoms with E-state index in [2.05, 4.69) is 43.5 Å². The highest BCUT2D eigenvalue weighted by Crippen LogP contribution is 2.23. The summed E-state index contributed by atoms with van der Waals surface area (Å²) >= 11 is 0. The van der Waals surface area contributed by atoms with E-state index in [1.165, 1.54) is 11.1 Å². The van der Waals surface area contributed by atoms with Gasteiger partial charge in [-0.05, 0) is 36.5 Å². The fourth-order valence-electron chi connectivity index (χ4n) is 2.46. The van der Waals surface area contributed by atoms with Crippen molar-refractivity contribution in [1.29, 1.82) is 5.26 Å². The van der Waals surface area contributed by atoms with Gasteiger partial charge in [-0.2, -0.15) is 5.26 Å². The Hall–Kier alpha value is -2.21. The van der Waals surface area contributed by atoms with Crippen molar-refractivity contribution in [3.05, 3.63) is 52.8 Å². The third-order valence-corrected chi connectivity index (χ3v) is 3.55. The van der Waals surface area contributed by atoms with Crippen LogP contribution < -0.4 is 5.73 Å². The van der Waals surface area contributed by atoms with E-state index in [0.717, 1.165) is 17.8 Å². The van der Waals surface area contributed by atoms with Crippen LogP contribution in [0.15, 0.2) is 30.3 Å². The van der Waals surface area contributed by atoms with Crippen LogP contribution in [0.1, 0.15) is 36.4 Å². The molecule has 0 bridgehead atoms. The first-order chi connectivity index (χ1) is 9.52. The van der Waals surface area contributed by atoms with Gasteiger partial charge in [-0.25, -0.2) is 0 Å². The van der Waals surface area contributed by atoms with Crippen molar-refractivity contribution in [3.63, 3.8) is 0 Å². The Morgan fingerprint density at radius 2 is 2.00 bits per heavy atom. The summed E-state index contributed by atoms with van der Waals surface area (Å²) in [5.41, 5.74) is 11.0. The summed E-state index contributed by atoms with van der Waals surface area (Å²) in [6, 6.07) is 12.3. The van der Waals surface area contributed by atoms with Crippen molar-refractivity contribution in [3.8, 4) is 6.07 Å². The maximum atomic E-state index is 9.31. The van der Waals surface area contributed by atoms with Crippen LogP contribution in [0.4, 0.5) is 5.69 Å². The number of aromatic nitrogens is 1. The normalized spacial score (nSPS) is 10.8. The summed E-state index contributed by atoms with van der Waals surface area (Å²) in [5.74, 6) is 0.509. The number of anilines is 1. The Bertz CT molecular complexity index is 645. The minimum absolute atomic E-state index is 0.509. The molecule has 0 atom stereocenters. The van der Waals surface area contributed by atoms with E-state index in [4.69, 9.17) is 5.73 Å². The summed E-state index contributed by atoms with van der Waals surface area (Å²) in [4.78, 5) is 0. The molecule has 0 fully saturated rings. The Balaban J connectivity index is 2.44. The lowest BCUT2D eigenvalue weighted by molar-refractivity contribution is 0.603. The maximum Gasteiger partial charge on any atom is 0.122 e. The quantitative estimate of drug-likeness (QED) is 0.921. The van der Waals surface area contributed by atoms with E-state index in [9.17, 15) is 5.26 Å². The minimum atomic E-state index is 0.509. The average molecular weight is 267 g/mol. The lowest BCUT2D eigenvalue weighted by Crippen LogP contribution is -2.11. The second kappa shape index (κ2) is 5.83. The Labute approximate surface area is 120 Å². The van der Waals surface area contributed by atoms with Gasteiger partial charge < -0.3 is 10.3 Å². The van der Waals surface area contributed by atoms with Gasteiger partial charge in [0.2, 0.25) is 0 Å². The molecule has 0 radical (unpaired) electrons. The summed E-state index contributed by atoms with van der Waals surface area (Å²) in [6.07, 6.45) is 0.888. The fraction of sp³-hybridized carbons (Fsp3) is 0.353. The molecule has 3 nitrogen and oxygen atoms in total. The highest BCUT2D eigenvalue weighted by molar-refractivity contribution is 5.51. The van der Waals surface area contributed by atoms with Gasteiger partial charge >= 0.3 is 0 Å². The van der Waals surface area contributed by atoms with Gasteiger partial charge in [0.1, 0.15) is 11.8 Å². The largest absolute Gasteiger partial charge is 0.397 e. The van der Waals surface area contributed by atoms with Crippen LogP contribution in [-0.4, -0.2) is 4.57 Å². The van der Waals surface area contributed by atoms with E-state index in [0.29, 0.717) is 18.2 Å². The molecule has 20 heavy (non-hydrogen) atoms. The molecule has 2 rings (SSSR count). The van der Waals surface area contributed by atoms with E-state index < -0.39 is 0 Å². The predicted molar refractivity (Wildman–Crippen MR) is 82.4 cm³/mol. The highest BCUT2D eigenvalue weighted by atomic mass is 15.0. The van der Waals surface area contributed by atoms with Gasteiger partial charge in [-0.3, -0.25) is 0 Å². The van der Waals surface area contributed by atoms with Crippen LogP contribution >= 0.6 is 0 Å². The number of nitriles is 1. The maximum absolute atomic E-state index is 9.31. The lowest BCUT2D eigenvalue weighted by Gasteiger charge is -2.14. The molecule has 2 N–H and O–H groups in total. The highest BCUT2D eigenvalue weighted by Gasteiger charge is 2.15. The van der Waals surface area contributed by atoms with Crippen LogP contribution in [0, 0.1) is 24.2 Å². The van der Waals surface area contributed by atoms with Crippen molar-refractivity contribution < 1.29 is 0 Å². The molecule has 0 saturated heterocycles. The van der Waals surface area contributed by atoms with Crippen molar-refractivity contribution >= 4 is 5.69 Å². The molecule has 0 aliphatic carbocycles. The summed E-state index contributed by atoms with van der Waals surface area (Å²) < 4.78 is 2.05. The number of benzene rings is 1. The molecule has 0 aliphatic rings. The zero-order chi connectivity index (χ0) is 14.7. The Kier molecular flexibility index (Phi) is 4.14. The molecule has 104 valence electrons. The van der Waals surface area contributed by atoms with Gasteiger partial charge in [0, 0.05) is 12.2 Å². The van der Waals surface area contributed by atoms with Crippen LogP contribution in [0.5, 0.6) is 0 Å². The van der Waals surface area contributed by atoms with Gasteiger partial charge in [-0.15, -0.1) is 0 Å². The average Bonchev–Trinajstić information content (AvgIpc) is 2.69. The summed E-state index contributed by atoms with van der Waals surface area (Å²) in [5, 5.41) is 9.31. The SMILES string of the molecule is Cc1ccccc1Cn1c(C#N)cc(N)c1CC(C)C. The first-order valence-corrected chi connectivity index (χ1v) is 6.95. The molecule has 0 amide bonds. The van der Waals surface area contributed by atoms with Crippen molar-refractivity contribution in [2.45, 2.75) is 33.7 Å². The molecule has 0 spiro atoms. The number of nitrogens with two attached hydrogens (primary N) is 1. The number of nitrogen functional groups attached to an aromatic ring is 1. The zero-order valence-corrected chi connectivity index (χ0v) is 12.4. The molecule has 0 unspecified atom stereocenters. The van der Waals surface area contributed by atoms with E-state index >= 15 is 0 Å². The Morgan fingerprint density at radius 3 is 2.60 bits per heavy atom. The molecule has 1 aromatic heterocycles. The van der Waals surface area contributed by atoms with Crippen molar-refractivity contribution in [2.24, 2.45) is 5.92 Å². The topological polar surface area (TPSA) is 54.7 Å². The number of hydrogen-bond donors (Lipinski definition) is 1. The lowest BCUT2D eigenvalue weighted by atomic mass is 10.1. The van der Waals surface area contributed by atoms with Gasteiger partial charge in [0.15, 0.2) is 0 Å². The van der Waals surface area contributed by atoms with Gasteiger partial charge in [0.05, 0.1) is 5.69 Å². The first kappa shape index (κ1) is 14.2. The van der Waals surface area contributed by atoms with Crippen LogP contribution in [0.3, 0.4) is 0 Å². The molecular formula is C17H21N3.